The molecule has 1 saturated heterocycles. The van der Waals surface area contributed by atoms with Crippen LogP contribution in [0.4, 0.5) is 9.59 Å². The second-order valence-electron chi connectivity index (χ2n) is 7.70. The van der Waals surface area contributed by atoms with Crippen molar-refractivity contribution in [1.82, 2.24) is 9.80 Å². The lowest BCUT2D eigenvalue weighted by atomic mass is 10.0. The maximum Gasteiger partial charge on any atom is 0.410 e. The van der Waals surface area contributed by atoms with Gasteiger partial charge in [0.15, 0.2) is 0 Å². The van der Waals surface area contributed by atoms with E-state index in [-0.39, 0.29) is 17.7 Å². The summed E-state index contributed by atoms with van der Waals surface area (Å²) in [5.41, 5.74) is -0.797. The summed E-state index contributed by atoms with van der Waals surface area (Å²) in [4.78, 5) is 26.4. The number of carbonyl (C=O) groups excluding carboxylic acids is 1. The highest BCUT2D eigenvalue weighted by Crippen LogP contribution is 2.35. The predicted molar refractivity (Wildman–Crippen MR) is 85.1 cm³/mol. The van der Waals surface area contributed by atoms with Crippen molar-refractivity contribution in [2.45, 2.75) is 77.5 Å². The van der Waals surface area contributed by atoms with E-state index in [9.17, 15) is 14.7 Å². The summed E-state index contributed by atoms with van der Waals surface area (Å²) in [5.74, 6) is 0. The molecule has 1 aliphatic heterocycles. The molecule has 2 amide bonds. The molecule has 0 bridgehead atoms. The first-order valence-electron chi connectivity index (χ1n) is 7.90. The number of carbonyl (C=O) groups is 2. The van der Waals surface area contributed by atoms with E-state index < -0.39 is 11.7 Å². The van der Waals surface area contributed by atoms with Crippen LogP contribution in [-0.2, 0) is 4.74 Å². The molecule has 1 heterocycles. The predicted octanol–water partition coefficient (Wildman–Crippen LogP) is 3.55. The zero-order valence-corrected chi connectivity index (χ0v) is 14.7. The van der Waals surface area contributed by atoms with E-state index in [1.807, 2.05) is 34.6 Å². The molecule has 22 heavy (non-hydrogen) atoms. The topological polar surface area (TPSA) is 70.1 Å². The van der Waals surface area contributed by atoms with Gasteiger partial charge in [-0.15, -0.1) is 0 Å². The largest absolute Gasteiger partial charge is 0.465 e. The van der Waals surface area contributed by atoms with Gasteiger partial charge in [0.25, 0.3) is 0 Å². The van der Waals surface area contributed by atoms with Gasteiger partial charge in [0, 0.05) is 25.2 Å². The van der Waals surface area contributed by atoms with Crippen molar-refractivity contribution in [3.8, 4) is 0 Å². The number of rotatable bonds is 4. The Bertz CT molecular complexity index is 415. The Balaban J connectivity index is 2.44. The van der Waals surface area contributed by atoms with Crippen molar-refractivity contribution < 1.29 is 19.4 Å². The van der Waals surface area contributed by atoms with Crippen molar-refractivity contribution in [3.05, 3.63) is 0 Å². The Morgan fingerprint density at radius 2 is 1.95 bits per heavy atom. The van der Waals surface area contributed by atoms with E-state index in [1.165, 1.54) is 0 Å². The first-order valence-corrected chi connectivity index (χ1v) is 7.90. The molecule has 1 atom stereocenters. The first kappa shape index (κ1) is 18.6. The Kier molecular flexibility index (Phi) is 5.70. The van der Waals surface area contributed by atoms with Crippen molar-refractivity contribution >= 4 is 12.2 Å². The molecule has 6 nitrogen and oxygen atoms in total. The second kappa shape index (κ2) is 6.75. The third-order valence-electron chi connectivity index (χ3n) is 4.05. The van der Waals surface area contributed by atoms with Gasteiger partial charge < -0.3 is 19.6 Å². The summed E-state index contributed by atoms with van der Waals surface area (Å²) < 4.78 is 5.30. The lowest BCUT2D eigenvalue weighted by Crippen LogP contribution is -2.46. The van der Waals surface area contributed by atoms with Crippen molar-refractivity contribution in [2.75, 3.05) is 13.6 Å². The SMILES string of the molecule is CN(CCCC1CCC(C)(C)N1C(=O)O)C(=O)OC(C)(C)C. The summed E-state index contributed by atoms with van der Waals surface area (Å²) in [5, 5.41) is 9.39. The van der Waals surface area contributed by atoms with E-state index in [1.54, 1.807) is 16.8 Å². The summed E-state index contributed by atoms with van der Waals surface area (Å²) in [7, 11) is 1.71. The molecule has 0 spiro atoms. The van der Waals surface area contributed by atoms with Gasteiger partial charge in [-0.1, -0.05) is 0 Å². The first-order chi connectivity index (χ1) is 9.94. The molecule has 1 fully saturated rings. The number of amides is 2. The molecule has 6 heteroatoms. The zero-order chi connectivity index (χ0) is 17.1. The molecule has 0 aromatic rings. The fourth-order valence-corrected chi connectivity index (χ4v) is 2.95. The van der Waals surface area contributed by atoms with Gasteiger partial charge in [-0.2, -0.15) is 0 Å². The average molecular weight is 314 g/mol. The number of ether oxygens (including phenoxy) is 1. The number of likely N-dealkylation sites (tertiary alicyclic amines) is 1. The van der Waals surface area contributed by atoms with Gasteiger partial charge >= 0.3 is 12.2 Å². The minimum atomic E-state index is -0.854. The van der Waals surface area contributed by atoms with Gasteiger partial charge in [-0.3, -0.25) is 0 Å². The molecule has 1 aliphatic rings. The normalized spacial score (nSPS) is 20.8. The fraction of sp³-hybridized carbons (Fsp3) is 0.875. The van der Waals surface area contributed by atoms with E-state index >= 15 is 0 Å². The van der Waals surface area contributed by atoms with Crippen LogP contribution in [0, 0.1) is 0 Å². The third-order valence-corrected chi connectivity index (χ3v) is 4.05. The van der Waals surface area contributed by atoms with Gasteiger partial charge in [0.05, 0.1) is 0 Å². The van der Waals surface area contributed by atoms with Crippen LogP contribution in [0.2, 0.25) is 0 Å². The summed E-state index contributed by atoms with van der Waals surface area (Å²) >= 11 is 0. The van der Waals surface area contributed by atoms with Gasteiger partial charge in [-0.25, -0.2) is 9.59 Å². The number of hydrogen-bond acceptors (Lipinski definition) is 3. The average Bonchev–Trinajstić information content (AvgIpc) is 2.62. The number of carboxylic acid groups (broad SMARTS) is 1. The summed E-state index contributed by atoms with van der Waals surface area (Å²) in [6.45, 7) is 10.0. The maximum atomic E-state index is 11.9. The molecular weight excluding hydrogens is 284 g/mol. The Morgan fingerprint density at radius 3 is 2.45 bits per heavy atom. The fourth-order valence-electron chi connectivity index (χ4n) is 2.95. The molecule has 0 aliphatic carbocycles. The molecule has 0 radical (unpaired) electrons. The van der Waals surface area contributed by atoms with Crippen molar-refractivity contribution in [3.63, 3.8) is 0 Å². The highest BCUT2D eigenvalue weighted by Gasteiger charge is 2.42. The quantitative estimate of drug-likeness (QED) is 0.861. The second-order valence-corrected chi connectivity index (χ2v) is 7.70. The van der Waals surface area contributed by atoms with Crippen LogP contribution in [0.1, 0.15) is 60.3 Å². The van der Waals surface area contributed by atoms with E-state index in [0.29, 0.717) is 6.54 Å². The molecule has 1 rings (SSSR count). The van der Waals surface area contributed by atoms with Crippen LogP contribution in [-0.4, -0.2) is 57.9 Å². The Hall–Kier alpha value is -1.46. The van der Waals surface area contributed by atoms with Crippen LogP contribution < -0.4 is 0 Å². The van der Waals surface area contributed by atoms with Crippen molar-refractivity contribution in [2.24, 2.45) is 0 Å². The van der Waals surface area contributed by atoms with E-state index in [4.69, 9.17) is 4.74 Å². The smallest absolute Gasteiger partial charge is 0.410 e. The molecule has 0 saturated carbocycles. The van der Waals surface area contributed by atoms with Crippen LogP contribution in [0.5, 0.6) is 0 Å². The molecule has 0 aromatic carbocycles. The third kappa shape index (κ3) is 5.07. The highest BCUT2D eigenvalue weighted by atomic mass is 16.6. The molecule has 1 unspecified atom stereocenters. The molecule has 128 valence electrons. The van der Waals surface area contributed by atoms with E-state index in [2.05, 4.69) is 0 Å². The zero-order valence-electron chi connectivity index (χ0n) is 14.7. The van der Waals surface area contributed by atoms with Gasteiger partial charge in [-0.05, 0) is 60.3 Å². The summed E-state index contributed by atoms with van der Waals surface area (Å²) in [6, 6.07) is 0.0412. The van der Waals surface area contributed by atoms with Crippen LogP contribution in [0.15, 0.2) is 0 Å². The highest BCUT2D eigenvalue weighted by molar-refractivity contribution is 5.68. The van der Waals surface area contributed by atoms with Crippen LogP contribution in [0.25, 0.3) is 0 Å². The van der Waals surface area contributed by atoms with Crippen LogP contribution >= 0.6 is 0 Å². The maximum absolute atomic E-state index is 11.9. The summed E-state index contributed by atoms with van der Waals surface area (Å²) in [6.07, 6.45) is 2.10. The monoisotopic (exact) mass is 314 g/mol. The Morgan fingerprint density at radius 1 is 1.36 bits per heavy atom. The van der Waals surface area contributed by atoms with Gasteiger partial charge in [0.2, 0.25) is 0 Å². The van der Waals surface area contributed by atoms with E-state index in [0.717, 1.165) is 25.7 Å². The lowest BCUT2D eigenvalue weighted by molar-refractivity contribution is 0.0290. The standard InChI is InChI=1S/C16H30N2O4/c1-15(2,3)22-14(21)17(6)11-7-8-12-9-10-16(4,5)18(12)13(19)20/h12H,7-11H2,1-6H3,(H,19,20). The van der Waals surface area contributed by atoms with Crippen molar-refractivity contribution in [1.29, 1.82) is 0 Å². The lowest BCUT2D eigenvalue weighted by Gasteiger charge is -2.33. The molecule has 1 N–H and O–H groups in total. The van der Waals surface area contributed by atoms with Crippen LogP contribution in [0.3, 0.4) is 0 Å². The molecular formula is C16H30N2O4. The number of hydrogen-bond donors (Lipinski definition) is 1. The molecule has 0 aromatic heterocycles. The Labute approximate surface area is 133 Å². The van der Waals surface area contributed by atoms with Gasteiger partial charge in [0.1, 0.15) is 5.60 Å². The number of nitrogens with zero attached hydrogens (tertiary/aromatic N) is 2. The minimum Gasteiger partial charge on any atom is -0.465 e. The minimum absolute atomic E-state index is 0.0412.